The molecule has 1 aliphatic heterocycles. The molecule has 2 fully saturated rings. The SMILES string of the molecule is CCc1ccc(CC(=O)NC2CCN(C3CCCCC3O)CC2)cc1. The van der Waals surface area contributed by atoms with Crippen LogP contribution >= 0.6 is 0 Å². The third kappa shape index (κ3) is 5.05. The van der Waals surface area contributed by atoms with Crippen molar-refractivity contribution in [2.24, 2.45) is 0 Å². The zero-order valence-electron chi connectivity index (χ0n) is 15.4. The molecule has 2 atom stereocenters. The predicted molar refractivity (Wildman–Crippen MR) is 101 cm³/mol. The van der Waals surface area contributed by atoms with Crippen LogP contribution < -0.4 is 5.32 Å². The van der Waals surface area contributed by atoms with E-state index in [-0.39, 0.29) is 18.1 Å². The second-order valence-electron chi connectivity index (χ2n) is 7.64. The first kappa shape index (κ1) is 18.4. The van der Waals surface area contributed by atoms with Gasteiger partial charge in [-0.15, -0.1) is 0 Å². The Bertz CT molecular complexity index is 550. The average molecular weight is 344 g/mol. The number of carbonyl (C=O) groups is 1. The Morgan fingerprint density at radius 1 is 1.08 bits per heavy atom. The Morgan fingerprint density at radius 2 is 1.72 bits per heavy atom. The Balaban J connectivity index is 1.42. The molecular weight excluding hydrogens is 312 g/mol. The highest BCUT2D eigenvalue weighted by Crippen LogP contribution is 2.25. The molecular formula is C21H32N2O2. The summed E-state index contributed by atoms with van der Waals surface area (Å²) in [6, 6.07) is 8.95. The minimum atomic E-state index is -0.161. The molecule has 4 nitrogen and oxygen atoms in total. The first-order valence-corrected chi connectivity index (χ1v) is 9.95. The van der Waals surface area contributed by atoms with Gasteiger partial charge in [0, 0.05) is 25.2 Å². The number of likely N-dealkylation sites (tertiary alicyclic amines) is 1. The lowest BCUT2D eigenvalue weighted by Crippen LogP contribution is -2.52. The number of amides is 1. The van der Waals surface area contributed by atoms with Gasteiger partial charge in [-0.1, -0.05) is 44.0 Å². The van der Waals surface area contributed by atoms with Gasteiger partial charge in [0.25, 0.3) is 0 Å². The Kier molecular flexibility index (Phi) is 6.49. The first-order chi connectivity index (χ1) is 12.2. The molecule has 3 rings (SSSR count). The van der Waals surface area contributed by atoms with Gasteiger partial charge in [-0.3, -0.25) is 9.69 Å². The fraction of sp³-hybridized carbons (Fsp3) is 0.667. The predicted octanol–water partition coefficient (Wildman–Crippen LogP) is 2.68. The molecule has 0 radical (unpaired) electrons. The van der Waals surface area contributed by atoms with E-state index in [4.69, 9.17) is 0 Å². The highest BCUT2D eigenvalue weighted by molar-refractivity contribution is 5.78. The van der Waals surface area contributed by atoms with E-state index in [1.165, 1.54) is 12.0 Å². The summed E-state index contributed by atoms with van der Waals surface area (Å²) < 4.78 is 0. The summed E-state index contributed by atoms with van der Waals surface area (Å²) in [5.41, 5.74) is 2.39. The summed E-state index contributed by atoms with van der Waals surface area (Å²) >= 11 is 0. The summed E-state index contributed by atoms with van der Waals surface area (Å²) in [7, 11) is 0. The first-order valence-electron chi connectivity index (χ1n) is 9.95. The molecule has 4 heteroatoms. The average Bonchev–Trinajstić information content (AvgIpc) is 2.63. The Morgan fingerprint density at radius 3 is 2.36 bits per heavy atom. The van der Waals surface area contributed by atoms with Gasteiger partial charge in [0.1, 0.15) is 0 Å². The van der Waals surface area contributed by atoms with Crippen molar-refractivity contribution >= 4 is 5.91 Å². The number of benzene rings is 1. The molecule has 2 aliphatic rings. The molecule has 0 aromatic heterocycles. The van der Waals surface area contributed by atoms with Crippen LogP contribution in [0, 0.1) is 0 Å². The topological polar surface area (TPSA) is 52.6 Å². The van der Waals surface area contributed by atoms with E-state index >= 15 is 0 Å². The van der Waals surface area contributed by atoms with Gasteiger partial charge in [-0.05, 0) is 43.2 Å². The monoisotopic (exact) mass is 344 g/mol. The molecule has 0 spiro atoms. The van der Waals surface area contributed by atoms with Crippen molar-refractivity contribution in [3.05, 3.63) is 35.4 Å². The Labute approximate surface area is 151 Å². The van der Waals surface area contributed by atoms with E-state index < -0.39 is 0 Å². The second-order valence-corrected chi connectivity index (χ2v) is 7.64. The van der Waals surface area contributed by atoms with Crippen molar-refractivity contribution in [1.82, 2.24) is 10.2 Å². The summed E-state index contributed by atoms with van der Waals surface area (Å²) in [6.07, 6.45) is 7.76. The van der Waals surface area contributed by atoms with Crippen molar-refractivity contribution in [2.75, 3.05) is 13.1 Å². The van der Waals surface area contributed by atoms with Crippen LogP contribution in [0.2, 0.25) is 0 Å². The Hall–Kier alpha value is -1.39. The fourth-order valence-corrected chi connectivity index (χ4v) is 4.25. The van der Waals surface area contributed by atoms with Gasteiger partial charge in [0.2, 0.25) is 5.91 Å². The molecule has 0 bridgehead atoms. The van der Waals surface area contributed by atoms with Crippen LogP contribution in [0.1, 0.15) is 56.6 Å². The number of hydrogen-bond acceptors (Lipinski definition) is 3. The van der Waals surface area contributed by atoms with Crippen LogP contribution in [0.3, 0.4) is 0 Å². The number of aliphatic hydroxyl groups is 1. The summed E-state index contributed by atoms with van der Waals surface area (Å²) in [5, 5.41) is 13.4. The van der Waals surface area contributed by atoms with Crippen molar-refractivity contribution in [3.8, 4) is 0 Å². The van der Waals surface area contributed by atoms with Gasteiger partial charge in [0.15, 0.2) is 0 Å². The van der Waals surface area contributed by atoms with Gasteiger partial charge >= 0.3 is 0 Å². The van der Waals surface area contributed by atoms with E-state index in [1.54, 1.807) is 0 Å². The molecule has 1 amide bonds. The largest absolute Gasteiger partial charge is 0.391 e. The number of hydrogen-bond donors (Lipinski definition) is 2. The minimum absolute atomic E-state index is 0.125. The van der Waals surface area contributed by atoms with E-state index in [2.05, 4.69) is 41.4 Å². The highest BCUT2D eigenvalue weighted by Gasteiger charge is 2.31. The third-order valence-corrected chi connectivity index (χ3v) is 5.85. The lowest BCUT2D eigenvalue weighted by Gasteiger charge is -2.41. The number of piperidine rings is 1. The summed E-state index contributed by atoms with van der Waals surface area (Å²) in [4.78, 5) is 14.7. The zero-order valence-corrected chi connectivity index (χ0v) is 15.4. The molecule has 138 valence electrons. The maximum atomic E-state index is 12.3. The highest BCUT2D eigenvalue weighted by atomic mass is 16.3. The molecule has 1 saturated heterocycles. The molecule has 1 aromatic carbocycles. The van der Waals surface area contributed by atoms with E-state index in [0.29, 0.717) is 12.5 Å². The normalized spacial score (nSPS) is 25.7. The van der Waals surface area contributed by atoms with Gasteiger partial charge in [-0.2, -0.15) is 0 Å². The molecule has 1 saturated carbocycles. The minimum Gasteiger partial charge on any atom is -0.391 e. The van der Waals surface area contributed by atoms with Crippen LogP contribution in [-0.2, 0) is 17.6 Å². The van der Waals surface area contributed by atoms with Gasteiger partial charge < -0.3 is 10.4 Å². The lowest BCUT2D eigenvalue weighted by molar-refractivity contribution is -0.121. The number of aryl methyl sites for hydroxylation is 1. The van der Waals surface area contributed by atoms with Crippen LogP contribution in [-0.4, -0.2) is 47.2 Å². The van der Waals surface area contributed by atoms with Crippen LogP contribution in [0.5, 0.6) is 0 Å². The smallest absolute Gasteiger partial charge is 0.224 e. The molecule has 2 N–H and O–H groups in total. The van der Waals surface area contributed by atoms with Crippen LogP contribution in [0.15, 0.2) is 24.3 Å². The van der Waals surface area contributed by atoms with Crippen molar-refractivity contribution < 1.29 is 9.90 Å². The summed E-state index contributed by atoms with van der Waals surface area (Å²) in [6.45, 7) is 4.11. The standard InChI is InChI=1S/C21H32N2O2/c1-2-16-7-9-17(10-8-16)15-21(25)22-18-11-13-23(14-12-18)19-5-3-4-6-20(19)24/h7-10,18-20,24H,2-6,11-15H2,1H3,(H,22,25). The third-order valence-electron chi connectivity index (χ3n) is 5.85. The van der Waals surface area contributed by atoms with Crippen LogP contribution in [0.4, 0.5) is 0 Å². The number of nitrogens with zero attached hydrogens (tertiary/aromatic N) is 1. The van der Waals surface area contributed by atoms with Gasteiger partial charge in [-0.25, -0.2) is 0 Å². The molecule has 25 heavy (non-hydrogen) atoms. The van der Waals surface area contributed by atoms with Crippen molar-refractivity contribution in [1.29, 1.82) is 0 Å². The summed E-state index contributed by atoms with van der Waals surface area (Å²) in [5.74, 6) is 0.125. The van der Waals surface area contributed by atoms with Crippen molar-refractivity contribution in [3.63, 3.8) is 0 Å². The fourth-order valence-electron chi connectivity index (χ4n) is 4.25. The molecule has 1 aliphatic carbocycles. The quantitative estimate of drug-likeness (QED) is 0.863. The molecule has 1 aromatic rings. The van der Waals surface area contributed by atoms with Crippen LogP contribution in [0.25, 0.3) is 0 Å². The molecule has 2 unspecified atom stereocenters. The maximum Gasteiger partial charge on any atom is 0.224 e. The number of carbonyl (C=O) groups excluding carboxylic acids is 1. The second kappa shape index (κ2) is 8.81. The number of rotatable bonds is 5. The number of aliphatic hydroxyl groups excluding tert-OH is 1. The molecule has 1 heterocycles. The zero-order chi connectivity index (χ0) is 17.6. The van der Waals surface area contributed by atoms with E-state index in [0.717, 1.165) is 57.2 Å². The van der Waals surface area contributed by atoms with Crippen molar-refractivity contribution in [2.45, 2.75) is 76.5 Å². The number of nitrogens with one attached hydrogen (secondary N) is 1. The lowest BCUT2D eigenvalue weighted by atomic mass is 9.89. The maximum absolute atomic E-state index is 12.3. The van der Waals surface area contributed by atoms with E-state index in [1.807, 2.05) is 0 Å². The van der Waals surface area contributed by atoms with Gasteiger partial charge in [0.05, 0.1) is 12.5 Å². The van der Waals surface area contributed by atoms with E-state index in [9.17, 15) is 9.90 Å².